The van der Waals surface area contributed by atoms with Crippen molar-refractivity contribution in [1.29, 1.82) is 0 Å². The van der Waals surface area contributed by atoms with E-state index in [1.165, 1.54) is 6.07 Å². The first-order valence-electron chi connectivity index (χ1n) is 6.34. The Morgan fingerprint density at radius 3 is 2.94 bits per heavy atom. The Hall–Kier alpha value is -0.970. The first-order valence-corrected chi connectivity index (χ1v) is 6.34. The lowest BCUT2D eigenvalue weighted by Crippen LogP contribution is -2.46. The molecule has 1 aliphatic rings. The summed E-state index contributed by atoms with van der Waals surface area (Å²) in [7, 11) is 0. The van der Waals surface area contributed by atoms with Crippen LogP contribution >= 0.6 is 0 Å². The molecule has 2 rings (SSSR count). The van der Waals surface area contributed by atoms with Crippen molar-refractivity contribution in [2.75, 3.05) is 19.8 Å². The van der Waals surface area contributed by atoms with Crippen LogP contribution in [-0.4, -0.2) is 36.5 Å². The lowest BCUT2D eigenvalue weighted by atomic mass is 9.89. The number of hydrogen-bond donors (Lipinski definition) is 2. The molecule has 0 bridgehead atoms. The van der Waals surface area contributed by atoms with Crippen LogP contribution in [0.4, 0.5) is 4.39 Å². The minimum atomic E-state index is -0.930. The minimum absolute atomic E-state index is 0.139. The Morgan fingerprint density at radius 1 is 1.50 bits per heavy atom. The zero-order valence-corrected chi connectivity index (χ0v) is 10.7. The molecule has 2 N–H and O–H groups in total. The normalized spacial score (nSPS) is 23.6. The zero-order valence-electron chi connectivity index (χ0n) is 10.7. The van der Waals surface area contributed by atoms with Crippen LogP contribution in [0.25, 0.3) is 0 Å². The van der Waals surface area contributed by atoms with Gasteiger partial charge in [-0.1, -0.05) is 18.2 Å². The average molecular weight is 253 g/mol. The molecule has 0 saturated carbocycles. The van der Waals surface area contributed by atoms with Crippen molar-refractivity contribution >= 4 is 0 Å². The lowest BCUT2D eigenvalue weighted by molar-refractivity contribution is 0.00605. The van der Waals surface area contributed by atoms with Crippen LogP contribution in [0.1, 0.15) is 18.9 Å². The number of aliphatic hydroxyl groups is 1. The summed E-state index contributed by atoms with van der Waals surface area (Å²) in [6.07, 6.45) is 0.874. The van der Waals surface area contributed by atoms with E-state index in [0.29, 0.717) is 31.6 Å². The fourth-order valence-electron chi connectivity index (χ4n) is 2.41. The molecule has 1 aromatic rings. The van der Waals surface area contributed by atoms with Gasteiger partial charge in [-0.15, -0.1) is 0 Å². The summed E-state index contributed by atoms with van der Waals surface area (Å²) >= 11 is 0. The molecule has 2 atom stereocenters. The summed E-state index contributed by atoms with van der Waals surface area (Å²) in [4.78, 5) is 0. The van der Waals surface area contributed by atoms with Gasteiger partial charge in [0.25, 0.3) is 0 Å². The van der Waals surface area contributed by atoms with E-state index in [2.05, 4.69) is 5.32 Å². The van der Waals surface area contributed by atoms with Gasteiger partial charge in [0, 0.05) is 19.0 Å². The molecule has 1 aromatic carbocycles. The van der Waals surface area contributed by atoms with Gasteiger partial charge >= 0.3 is 0 Å². The van der Waals surface area contributed by atoms with Crippen LogP contribution in [0.5, 0.6) is 0 Å². The second-order valence-electron chi connectivity index (χ2n) is 5.20. The SMILES string of the molecule is CC(O)(Cc1ccccc1F)CC1COCCN1. The number of morpholine rings is 1. The maximum atomic E-state index is 13.5. The Kier molecular flexibility index (Phi) is 4.32. The largest absolute Gasteiger partial charge is 0.390 e. The number of benzene rings is 1. The van der Waals surface area contributed by atoms with E-state index in [1.807, 2.05) is 0 Å². The minimum Gasteiger partial charge on any atom is -0.390 e. The second kappa shape index (κ2) is 5.78. The third-order valence-electron chi connectivity index (χ3n) is 3.21. The number of hydrogen-bond acceptors (Lipinski definition) is 3. The lowest BCUT2D eigenvalue weighted by Gasteiger charge is -2.31. The molecule has 18 heavy (non-hydrogen) atoms. The predicted octanol–water partition coefficient (Wildman–Crippen LogP) is 1.50. The van der Waals surface area contributed by atoms with Crippen molar-refractivity contribution in [1.82, 2.24) is 5.32 Å². The zero-order chi connectivity index (χ0) is 13.0. The Morgan fingerprint density at radius 2 is 2.28 bits per heavy atom. The first-order chi connectivity index (χ1) is 8.57. The molecule has 0 aromatic heterocycles. The smallest absolute Gasteiger partial charge is 0.126 e. The third-order valence-corrected chi connectivity index (χ3v) is 3.21. The Bertz CT molecular complexity index is 389. The second-order valence-corrected chi connectivity index (χ2v) is 5.20. The van der Waals surface area contributed by atoms with Gasteiger partial charge in [-0.2, -0.15) is 0 Å². The van der Waals surface area contributed by atoms with Crippen LogP contribution < -0.4 is 5.32 Å². The summed E-state index contributed by atoms with van der Waals surface area (Å²) in [5.41, 5.74) is -0.375. The summed E-state index contributed by atoms with van der Waals surface area (Å²) in [5.74, 6) is -0.259. The van der Waals surface area contributed by atoms with Gasteiger partial charge in [0.1, 0.15) is 5.82 Å². The van der Waals surface area contributed by atoms with Crippen molar-refractivity contribution in [2.24, 2.45) is 0 Å². The highest BCUT2D eigenvalue weighted by molar-refractivity contribution is 5.19. The molecule has 1 heterocycles. The van der Waals surface area contributed by atoms with E-state index in [0.717, 1.165) is 6.54 Å². The standard InChI is InChI=1S/C14H20FNO2/c1-14(17,9-12-10-18-7-6-16-12)8-11-4-2-3-5-13(11)15/h2-5,12,16-17H,6-10H2,1H3. The monoisotopic (exact) mass is 253 g/mol. The number of nitrogens with one attached hydrogen (secondary N) is 1. The number of halogens is 1. The van der Waals surface area contributed by atoms with Gasteiger partial charge < -0.3 is 15.2 Å². The van der Waals surface area contributed by atoms with Gasteiger partial charge in [0.15, 0.2) is 0 Å². The van der Waals surface area contributed by atoms with Crippen molar-refractivity contribution in [3.8, 4) is 0 Å². The van der Waals surface area contributed by atoms with Gasteiger partial charge in [-0.05, 0) is 25.0 Å². The van der Waals surface area contributed by atoms with Crippen LogP contribution in [0.2, 0.25) is 0 Å². The summed E-state index contributed by atoms with van der Waals surface area (Å²) in [6, 6.07) is 6.73. The van der Waals surface area contributed by atoms with E-state index in [-0.39, 0.29) is 11.9 Å². The highest BCUT2D eigenvalue weighted by Gasteiger charge is 2.27. The summed E-state index contributed by atoms with van der Waals surface area (Å²) in [6.45, 7) is 3.87. The highest BCUT2D eigenvalue weighted by atomic mass is 19.1. The van der Waals surface area contributed by atoms with E-state index < -0.39 is 5.60 Å². The van der Waals surface area contributed by atoms with Crippen molar-refractivity contribution in [3.63, 3.8) is 0 Å². The third kappa shape index (κ3) is 3.77. The topological polar surface area (TPSA) is 41.5 Å². The Labute approximate surface area is 107 Å². The molecule has 0 spiro atoms. The van der Waals surface area contributed by atoms with Crippen molar-refractivity contribution in [2.45, 2.75) is 31.4 Å². The molecule has 0 radical (unpaired) electrons. The fourth-order valence-corrected chi connectivity index (χ4v) is 2.41. The molecule has 4 heteroatoms. The predicted molar refractivity (Wildman–Crippen MR) is 68.0 cm³/mol. The highest BCUT2D eigenvalue weighted by Crippen LogP contribution is 2.21. The van der Waals surface area contributed by atoms with Crippen molar-refractivity contribution in [3.05, 3.63) is 35.6 Å². The molecule has 2 unspecified atom stereocenters. The molecular weight excluding hydrogens is 233 g/mol. The van der Waals surface area contributed by atoms with Gasteiger partial charge in [0.2, 0.25) is 0 Å². The maximum Gasteiger partial charge on any atom is 0.126 e. The number of ether oxygens (including phenoxy) is 1. The quantitative estimate of drug-likeness (QED) is 0.854. The van der Waals surface area contributed by atoms with Crippen LogP contribution in [0.15, 0.2) is 24.3 Å². The van der Waals surface area contributed by atoms with Crippen molar-refractivity contribution < 1.29 is 14.2 Å². The van der Waals surface area contributed by atoms with Crippen LogP contribution in [0, 0.1) is 5.82 Å². The fraction of sp³-hybridized carbons (Fsp3) is 0.571. The van der Waals surface area contributed by atoms with E-state index in [9.17, 15) is 9.50 Å². The Balaban J connectivity index is 1.96. The molecule has 1 saturated heterocycles. The van der Waals surface area contributed by atoms with Gasteiger partial charge in [-0.25, -0.2) is 4.39 Å². The molecule has 1 aliphatic heterocycles. The molecule has 1 fully saturated rings. The average Bonchev–Trinajstić information content (AvgIpc) is 2.32. The van der Waals surface area contributed by atoms with E-state index in [4.69, 9.17) is 4.74 Å². The number of rotatable bonds is 4. The maximum absolute atomic E-state index is 13.5. The van der Waals surface area contributed by atoms with E-state index in [1.54, 1.807) is 25.1 Å². The molecule has 0 aliphatic carbocycles. The van der Waals surface area contributed by atoms with Gasteiger partial charge in [-0.3, -0.25) is 0 Å². The first kappa shape index (κ1) is 13.5. The summed E-state index contributed by atoms with van der Waals surface area (Å²) < 4.78 is 18.9. The van der Waals surface area contributed by atoms with Gasteiger partial charge in [0.05, 0.1) is 18.8 Å². The van der Waals surface area contributed by atoms with E-state index >= 15 is 0 Å². The van der Waals surface area contributed by atoms with Crippen LogP contribution in [-0.2, 0) is 11.2 Å². The molecular formula is C14H20FNO2. The molecule has 0 amide bonds. The van der Waals surface area contributed by atoms with Crippen LogP contribution in [0.3, 0.4) is 0 Å². The molecule has 3 nitrogen and oxygen atoms in total. The molecule has 100 valence electrons. The summed E-state index contributed by atoms with van der Waals surface area (Å²) in [5, 5.41) is 13.7.